The Morgan fingerprint density at radius 1 is 1.36 bits per heavy atom. The van der Waals surface area contributed by atoms with E-state index in [2.05, 4.69) is 0 Å². The van der Waals surface area contributed by atoms with E-state index < -0.39 is 30.9 Å². The average Bonchev–Trinajstić information content (AvgIpc) is 2.43. The highest BCUT2D eigenvalue weighted by molar-refractivity contribution is 6.32. The van der Waals surface area contributed by atoms with Gasteiger partial charge in [0.05, 0.1) is 12.1 Å². The lowest BCUT2D eigenvalue weighted by Gasteiger charge is -2.17. The van der Waals surface area contributed by atoms with Crippen molar-refractivity contribution in [2.45, 2.75) is 0 Å². The van der Waals surface area contributed by atoms with Crippen LogP contribution in [0.5, 0.6) is 11.5 Å². The summed E-state index contributed by atoms with van der Waals surface area (Å²) in [5.41, 5.74) is 5.10. The zero-order valence-electron chi connectivity index (χ0n) is 12.0. The molecule has 0 saturated carbocycles. The van der Waals surface area contributed by atoms with Crippen molar-refractivity contribution in [2.24, 2.45) is 5.73 Å². The zero-order valence-corrected chi connectivity index (χ0v) is 12.7. The van der Waals surface area contributed by atoms with Crippen LogP contribution < -0.4 is 15.2 Å². The van der Waals surface area contributed by atoms with Crippen molar-refractivity contribution < 1.29 is 29.0 Å². The van der Waals surface area contributed by atoms with Crippen LogP contribution in [0.25, 0.3) is 0 Å². The molecule has 0 bridgehead atoms. The topological polar surface area (TPSA) is 119 Å². The van der Waals surface area contributed by atoms with Crippen LogP contribution in [0.1, 0.15) is 10.4 Å². The number of carbonyl (C=O) groups excluding carboxylic acids is 2. The van der Waals surface area contributed by atoms with Crippen molar-refractivity contribution in [3.05, 3.63) is 22.7 Å². The SMILES string of the molecule is COc1cc(C(=O)N(C)CC(=O)O)cc(Cl)c1OCC(N)=O. The highest BCUT2D eigenvalue weighted by Gasteiger charge is 2.20. The first kappa shape index (κ1) is 17.6. The van der Waals surface area contributed by atoms with Crippen LogP contribution in [0.4, 0.5) is 0 Å². The number of hydrogen-bond acceptors (Lipinski definition) is 5. The molecule has 0 aromatic heterocycles. The molecule has 0 aliphatic carbocycles. The molecule has 1 aromatic rings. The largest absolute Gasteiger partial charge is 0.493 e. The first-order chi connectivity index (χ1) is 10.3. The predicted octanol–water partition coefficient (Wildman–Crippen LogP) is 0.369. The molecule has 9 heteroatoms. The molecule has 22 heavy (non-hydrogen) atoms. The van der Waals surface area contributed by atoms with E-state index in [1.165, 1.54) is 26.3 Å². The lowest BCUT2D eigenvalue weighted by molar-refractivity contribution is -0.137. The molecule has 0 radical (unpaired) electrons. The molecule has 2 amide bonds. The van der Waals surface area contributed by atoms with Gasteiger partial charge in [0.1, 0.15) is 6.54 Å². The second kappa shape index (κ2) is 7.51. The Bertz CT molecular complexity index is 604. The average molecular weight is 331 g/mol. The second-order valence-electron chi connectivity index (χ2n) is 4.30. The third-order valence-corrected chi connectivity index (χ3v) is 2.84. The number of hydrogen-bond donors (Lipinski definition) is 2. The fraction of sp³-hybridized carbons (Fsp3) is 0.308. The molecule has 1 rings (SSSR count). The minimum absolute atomic E-state index is 0.0349. The van der Waals surface area contributed by atoms with Crippen LogP contribution >= 0.6 is 11.6 Å². The fourth-order valence-electron chi connectivity index (χ4n) is 1.62. The van der Waals surface area contributed by atoms with Gasteiger partial charge >= 0.3 is 5.97 Å². The van der Waals surface area contributed by atoms with Crippen molar-refractivity contribution in [1.29, 1.82) is 0 Å². The smallest absolute Gasteiger partial charge is 0.323 e. The van der Waals surface area contributed by atoms with Crippen LogP contribution in [0, 0.1) is 0 Å². The molecule has 0 spiro atoms. The summed E-state index contributed by atoms with van der Waals surface area (Å²) >= 11 is 6.01. The van der Waals surface area contributed by atoms with Crippen molar-refractivity contribution in [1.82, 2.24) is 4.90 Å². The molecule has 0 aliphatic rings. The molecular weight excluding hydrogens is 316 g/mol. The van der Waals surface area contributed by atoms with Crippen molar-refractivity contribution >= 4 is 29.4 Å². The van der Waals surface area contributed by atoms with E-state index in [0.717, 1.165) is 4.90 Å². The molecule has 0 saturated heterocycles. The van der Waals surface area contributed by atoms with E-state index >= 15 is 0 Å². The molecular formula is C13H15ClN2O6. The predicted molar refractivity (Wildman–Crippen MR) is 77.3 cm³/mol. The van der Waals surface area contributed by atoms with Gasteiger partial charge in [-0.05, 0) is 12.1 Å². The number of carboxylic acid groups (broad SMARTS) is 1. The molecule has 8 nitrogen and oxygen atoms in total. The summed E-state index contributed by atoms with van der Waals surface area (Å²) in [5, 5.41) is 8.73. The number of nitrogens with zero attached hydrogens (tertiary/aromatic N) is 1. The summed E-state index contributed by atoms with van der Waals surface area (Å²) in [7, 11) is 2.67. The van der Waals surface area contributed by atoms with Crippen molar-refractivity contribution in [3.8, 4) is 11.5 Å². The molecule has 1 aromatic carbocycles. The number of carbonyl (C=O) groups is 3. The summed E-state index contributed by atoms with van der Waals surface area (Å²) in [6, 6.07) is 2.63. The minimum atomic E-state index is -1.14. The van der Waals surface area contributed by atoms with E-state index in [-0.39, 0.29) is 22.1 Å². The van der Waals surface area contributed by atoms with E-state index in [1.807, 2.05) is 0 Å². The highest BCUT2D eigenvalue weighted by atomic mass is 35.5. The Morgan fingerprint density at radius 2 is 2.00 bits per heavy atom. The van der Waals surface area contributed by atoms with Gasteiger partial charge in [-0.15, -0.1) is 0 Å². The van der Waals surface area contributed by atoms with E-state index in [1.54, 1.807) is 0 Å². The number of halogens is 1. The van der Waals surface area contributed by atoms with Crippen molar-refractivity contribution in [3.63, 3.8) is 0 Å². The van der Waals surface area contributed by atoms with Gasteiger partial charge in [0.15, 0.2) is 18.1 Å². The molecule has 3 N–H and O–H groups in total. The third kappa shape index (κ3) is 4.52. The molecule has 0 unspecified atom stereocenters. The number of ether oxygens (including phenoxy) is 2. The Kier molecular flexibility index (Phi) is 6.00. The lowest BCUT2D eigenvalue weighted by atomic mass is 10.1. The van der Waals surface area contributed by atoms with E-state index in [0.29, 0.717) is 0 Å². The monoisotopic (exact) mass is 330 g/mol. The van der Waals surface area contributed by atoms with Gasteiger partial charge in [-0.3, -0.25) is 14.4 Å². The maximum absolute atomic E-state index is 12.1. The number of aliphatic carboxylic acids is 1. The van der Waals surface area contributed by atoms with Gasteiger partial charge in [-0.1, -0.05) is 11.6 Å². The van der Waals surface area contributed by atoms with E-state index in [9.17, 15) is 14.4 Å². The maximum Gasteiger partial charge on any atom is 0.323 e. The molecule has 0 fully saturated rings. The summed E-state index contributed by atoms with van der Waals surface area (Å²) < 4.78 is 10.2. The van der Waals surface area contributed by atoms with Gasteiger partial charge in [0, 0.05) is 12.6 Å². The summed E-state index contributed by atoms with van der Waals surface area (Å²) in [6.07, 6.45) is 0. The normalized spacial score (nSPS) is 9.95. The second-order valence-corrected chi connectivity index (χ2v) is 4.71. The number of benzene rings is 1. The Labute approximate surface area is 131 Å². The maximum atomic E-state index is 12.1. The number of methoxy groups -OCH3 is 1. The van der Waals surface area contributed by atoms with Gasteiger partial charge in [0.25, 0.3) is 11.8 Å². The Morgan fingerprint density at radius 3 is 2.50 bits per heavy atom. The van der Waals surface area contributed by atoms with Gasteiger partial charge in [0.2, 0.25) is 0 Å². The molecule has 0 heterocycles. The Hall–Kier alpha value is -2.48. The summed E-state index contributed by atoms with van der Waals surface area (Å²) in [4.78, 5) is 34.5. The van der Waals surface area contributed by atoms with Gasteiger partial charge < -0.3 is 25.2 Å². The zero-order chi connectivity index (χ0) is 16.9. The van der Waals surface area contributed by atoms with Crippen LogP contribution in [0.3, 0.4) is 0 Å². The number of likely N-dealkylation sites (N-methyl/N-ethyl adjacent to an activating group) is 1. The van der Waals surface area contributed by atoms with Crippen molar-refractivity contribution in [2.75, 3.05) is 27.3 Å². The van der Waals surface area contributed by atoms with Crippen LogP contribution in [-0.4, -0.2) is 55.1 Å². The first-order valence-electron chi connectivity index (χ1n) is 6.02. The van der Waals surface area contributed by atoms with Crippen LogP contribution in [0.2, 0.25) is 5.02 Å². The summed E-state index contributed by atoms with van der Waals surface area (Å²) in [5.74, 6) is -2.19. The third-order valence-electron chi connectivity index (χ3n) is 2.55. The Balaban J connectivity index is 3.09. The van der Waals surface area contributed by atoms with Crippen LogP contribution in [0.15, 0.2) is 12.1 Å². The highest BCUT2D eigenvalue weighted by Crippen LogP contribution is 2.36. The fourth-order valence-corrected chi connectivity index (χ4v) is 1.89. The number of nitrogens with two attached hydrogens (primary N) is 1. The number of carboxylic acids is 1. The number of rotatable bonds is 7. The standard InChI is InChI=1S/C13H15ClN2O6/c1-16(5-11(18)19)13(20)7-3-8(14)12(9(4-7)21-2)22-6-10(15)17/h3-4H,5-6H2,1-2H3,(H2,15,17)(H,18,19). The molecule has 120 valence electrons. The number of amides is 2. The quantitative estimate of drug-likeness (QED) is 0.745. The lowest BCUT2D eigenvalue weighted by Crippen LogP contribution is -2.32. The first-order valence-corrected chi connectivity index (χ1v) is 6.40. The molecule has 0 atom stereocenters. The van der Waals surface area contributed by atoms with E-state index in [4.69, 9.17) is 31.9 Å². The summed E-state index contributed by atoms with van der Waals surface area (Å²) in [6.45, 7) is -0.860. The minimum Gasteiger partial charge on any atom is -0.493 e. The molecule has 0 aliphatic heterocycles. The number of primary amides is 1. The van der Waals surface area contributed by atoms with Crippen LogP contribution in [-0.2, 0) is 9.59 Å². The van der Waals surface area contributed by atoms with Gasteiger partial charge in [-0.25, -0.2) is 0 Å². The van der Waals surface area contributed by atoms with Gasteiger partial charge in [-0.2, -0.15) is 0 Å².